The Morgan fingerprint density at radius 2 is 2.35 bits per heavy atom. The Morgan fingerprint density at radius 3 is 3.00 bits per heavy atom. The highest BCUT2D eigenvalue weighted by Crippen LogP contribution is 2.45. The van der Waals surface area contributed by atoms with Crippen molar-refractivity contribution in [3.63, 3.8) is 0 Å². The second-order valence-corrected chi connectivity index (χ2v) is 5.23. The summed E-state index contributed by atoms with van der Waals surface area (Å²) in [6.45, 7) is 2.00. The monoisotopic (exact) mass is 260 g/mol. The zero-order chi connectivity index (χ0) is 12.5. The molecule has 1 saturated heterocycles. The maximum atomic E-state index is 11.7. The number of carbonyl (C=O) groups excluding carboxylic acids is 2. The van der Waals surface area contributed by atoms with Crippen LogP contribution < -0.4 is 0 Å². The SMILES string of the molecule is CCOC(=O)C1CC2(CCCCC2Cl)OC1=O. The second-order valence-electron chi connectivity index (χ2n) is 4.71. The van der Waals surface area contributed by atoms with Gasteiger partial charge in [-0.15, -0.1) is 11.6 Å². The van der Waals surface area contributed by atoms with E-state index in [0.29, 0.717) is 6.42 Å². The molecule has 1 spiro atoms. The summed E-state index contributed by atoms with van der Waals surface area (Å²) in [4.78, 5) is 23.4. The van der Waals surface area contributed by atoms with E-state index in [-0.39, 0.29) is 12.0 Å². The molecule has 0 aromatic rings. The lowest BCUT2D eigenvalue weighted by Crippen LogP contribution is -2.41. The molecule has 0 radical (unpaired) electrons. The molecule has 1 aliphatic carbocycles. The highest BCUT2D eigenvalue weighted by molar-refractivity contribution is 6.21. The number of ether oxygens (including phenoxy) is 2. The third-order valence-corrected chi connectivity index (χ3v) is 4.20. The lowest BCUT2D eigenvalue weighted by Gasteiger charge is -2.36. The smallest absolute Gasteiger partial charge is 0.321 e. The van der Waals surface area contributed by atoms with Gasteiger partial charge in [0.2, 0.25) is 0 Å². The molecule has 2 fully saturated rings. The van der Waals surface area contributed by atoms with Gasteiger partial charge in [0.25, 0.3) is 0 Å². The molecule has 0 bridgehead atoms. The molecule has 96 valence electrons. The van der Waals surface area contributed by atoms with Gasteiger partial charge in [-0.25, -0.2) is 0 Å². The van der Waals surface area contributed by atoms with Crippen molar-refractivity contribution >= 4 is 23.5 Å². The van der Waals surface area contributed by atoms with Gasteiger partial charge in [0.1, 0.15) is 5.60 Å². The van der Waals surface area contributed by atoms with Crippen molar-refractivity contribution in [3.05, 3.63) is 0 Å². The second kappa shape index (κ2) is 4.84. The van der Waals surface area contributed by atoms with E-state index in [0.717, 1.165) is 25.7 Å². The van der Waals surface area contributed by atoms with Crippen molar-refractivity contribution in [1.82, 2.24) is 0 Å². The van der Waals surface area contributed by atoms with Crippen LogP contribution in [0, 0.1) is 5.92 Å². The molecule has 3 unspecified atom stereocenters. The fourth-order valence-corrected chi connectivity index (χ4v) is 3.07. The molecule has 1 saturated carbocycles. The van der Waals surface area contributed by atoms with Crippen molar-refractivity contribution in [2.24, 2.45) is 5.92 Å². The first-order valence-corrected chi connectivity index (χ1v) is 6.56. The molecule has 1 heterocycles. The third-order valence-electron chi connectivity index (χ3n) is 3.59. The highest BCUT2D eigenvalue weighted by Gasteiger charge is 2.54. The first-order valence-electron chi connectivity index (χ1n) is 6.12. The van der Waals surface area contributed by atoms with Gasteiger partial charge in [0.05, 0.1) is 12.0 Å². The molecule has 3 atom stereocenters. The average Bonchev–Trinajstić information content (AvgIpc) is 2.62. The van der Waals surface area contributed by atoms with Crippen LogP contribution in [-0.4, -0.2) is 29.5 Å². The van der Waals surface area contributed by atoms with Gasteiger partial charge in [-0.2, -0.15) is 0 Å². The van der Waals surface area contributed by atoms with Crippen molar-refractivity contribution in [1.29, 1.82) is 0 Å². The fourth-order valence-electron chi connectivity index (χ4n) is 2.68. The molecule has 0 aromatic carbocycles. The molecule has 4 nitrogen and oxygen atoms in total. The summed E-state index contributed by atoms with van der Waals surface area (Å²) >= 11 is 6.26. The number of esters is 2. The summed E-state index contributed by atoms with van der Waals surface area (Å²) in [7, 11) is 0. The fraction of sp³-hybridized carbons (Fsp3) is 0.833. The first-order chi connectivity index (χ1) is 8.09. The van der Waals surface area contributed by atoms with E-state index >= 15 is 0 Å². The molecular weight excluding hydrogens is 244 g/mol. The van der Waals surface area contributed by atoms with Gasteiger partial charge < -0.3 is 9.47 Å². The van der Waals surface area contributed by atoms with Gasteiger partial charge in [0, 0.05) is 6.42 Å². The van der Waals surface area contributed by atoms with Crippen LogP contribution in [-0.2, 0) is 19.1 Å². The quantitative estimate of drug-likeness (QED) is 0.433. The highest BCUT2D eigenvalue weighted by atomic mass is 35.5. The largest absolute Gasteiger partial charge is 0.465 e. The van der Waals surface area contributed by atoms with Crippen molar-refractivity contribution < 1.29 is 19.1 Å². The first kappa shape index (κ1) is 12.7. The van der Waals surface area contributed by atoms with Crippen LogP contribution in [0.2, 0.25) is 0 Å². The third kappa shape index (κ3) is 2.28. The Balaban J connectivity index is 2.10. The van der Waals surface area contributed by atoms with Crippen LogP contribution >= 0.6 is 11.6 Å². The number of carbonyl (C=O) groups is 2. The summed E-state index contributed by atoms with van der Waals surface area (Å²) in [6, 6.07) is 0. The molecule has 0 amide bonds. The lowest BCUT2D eigenvalue weighted by atomic mass is 9.80. The van der Waals surface area contributed by atoms with E-state index in [1.54, 1.807) is 6.92 Å². The maximum absolute atomic E-state index is 11.7. The van der Waals surface area contributed by atoms with Crippen LogP contribution in [0.4, 0.5) is 0 Å². The van der Waals surface area contributed by atoms with Crippen molar-refractivity contribution in [2.75, 3.05) is 6.61 Å². The predicted molar refractivity (Wildman–Crippen MR) is 61.7 cm³/mol. The maximum Gasteiger partial charge on any atom is 0.321 e. The Morgan fingerprint density at radius 1 is 1.59 bits per heavy atom. The van der Waals surface area contributed by atoms with E-state index in [1.165, 1.54) is 0 Å². The van der Waals surface area contributed by atoms with E-state index in [9.17, 15) is 9.59 Å². The lowest BCUT2D eigenvalue weighted by molar-refractivity contribution is -0.159. The molecular formula is C12H17ClO4. The zero-order valence-corrected chi connectivity index (χ0v) is 10.7. The Labute approximate surface area is 106 Å². The van der Waals surface area contributed by atoms with Crippen molar-refractivity contribution in [2.45, 2.75) is 50.0 Å². The van der Waals surface area contributed by atoms with Crippen LogP contribution in [0.25, 0.3) is 0 Å². The number of halogens is 1. The van der Waals surface area contributed by atoms with Crippen LogP contribution in [0.3, 0.4) is 0 Å². The molecule has 0 aromatic heterocycles. The molecule has 2 rings (SSSR count). The minimum Gasteiger partial charge on any atom is -0.465 e. The molecule has 17 heavy (non-hydrogen) atoms. The van der Waals surface area contributed by atoms with Gasteiger partial charge in [-0.3, -0.25) is 9.59 Å². The Bertz CT molecular complexity index is 330. The van der Waals surface area contributed by atoms with Gasteiger partial charge in [-0.1, -0.05) is 6.42 Å². The average molecular weight is 261 g/mol. The topological polar surface area (TPSA) is 52.6 Å². The van der Waals surface area contributed by atoms with Crippen LogP contribution in [0.1, 0.15) is 39.0 Å². The number of hydrogen-bond acceptors (Lipinski definition) is 4. The molecule has 2 aliphatic rings. The van der Waals surface area contributed by atoms with Crippen LogP contribution in [0.5, 0.6) is 0 Å². The summed E-state index contributed by atoms with van der Waals surface area (Å²) in [6.07, 6.45) is 4.01. The standard InChI is InChI=1S/C12H17ClO4/c1-2-16-10(14)8-7-12(17-11(8)15)6-4-3-5-9(12)13/h8-9H,2-7H2,1H3. The van der Waals surface area contributed by atoms with Crippen LogP contribution in [0.15, 0.2) is 0 Å². The minimum absolute atomic E-state index is 0.181. The van der Waals surface area contributed by atoms with E-state index < -0.39 is 23.5 Å². The minimum atomic E-state index is -0.783. The number of rotatable bonds is 2. The predicted octanol–water partition coefficient (Wildman–Crippen LogP) is 2.03. The number of hydrogen-bond donors (Lipinski definition) is 0. The van der Waals surface area contributed by atoms with Gasteiger partial charge in [-0.05, 0) is 26.2 Å². The normalized spacial score (nSPS) is 36.9. The molecule has 0 N–H and O–H groups in total. The summed E-state index contributed by atoms with van der Waals surface area (Å²) in [5.74, 6) is -1.74. The Hall–Kier alpha value is -0.770. The van der Waals surface area contributed by atoms with Gasteiger partial charge >= 0.3 is 11.9 Å². The van der Waals surface area contributed by atoms with E-state index in [1.807, 2.05) is 0 Å². The number of alkyl halides is 1. The van der Waals surface area contributed by atoms with E-state index in [4.69, 9.17) is 21.1 Å². The zero-order valence-electron chi connectivity index (χ0n) is 9.91. The Kier molecular flexibility index (Phi) is 3.61. The summed E-state index contributed by atoms with van der Waals surface area (Å²) < 4.78 is 10.3. The summed E-state index contributed by atoms with van der Waals surface area (Å²) in [5.41, 5.74) is -0.631. The molecule has 5 heteroatoms. The summed E-state index contributed by atoms with van der Waals surface area (Å²) in [5, 5.41) is -0.181. The molecule has 1 aliphatic heterocycles. The van der Waals surface area contributed by atoms with E-state index in [2.05, 4.69) is 0 Å². The van der Waals surface area contributed by atoms with Gasteiger partial charge in [0.15, 0.2) is 5.92 Å². The van der Waals surface area contributed by atoms with Crippen molar-refractivity contribution in [3.8, 4) is 0 Å².